The standard InChI is InChI=1S/C15H18F6IO3/c1-7(2)12(23)25-22-11-5-8-3-9(10(11)4-8)6-13(24,14(16,17)18)15(19,20)21/h8-11,24H,1,3-6H2,2H3/q-1. The van der Waals surface area contributed by atoms with Gasteiger partial charge in [-0.25, -0.2) is 0 Å². The summed E-state index contributed by atoms with van der Waals surface area (Å²) in [6.07, 6.45) is -11.6. The Hall–Kier alpha value is -0.520. The number of alkyl halides is 7. The van der Waals surface area contributed by atoms with Crippen LogP contribution < -0.4 is 21.6 Å². The van der Waals surface area contributed by atoms with E-state index in [2.05, 4.69) is 6.58 Å². The monoisotopic (exact) mass is 487 g/mol. The third-order valence-electron chi connectivity index (χ3n) is 4.94. The maximum absolute atomic E-state index is 12.9. The van der Waals surface area contributed by atoms with Gasteiger partial charge in [0.25, 0.3) is 0 Å². The Morgan fingerprint density at radius 3 is 2.16 bits per heavy atom. The van der Waals surface area contributed by atoms with Gasteiger partial charge >= 0.3 is 151 Å². The molecule has 0 saturated heterocycles. The van der Waals surface area contributed by atoms with Crippen LogP contribution in [0.3, 0.4) is 0 Å². The van der Waals surface area contributed by atoms with Crippen molar-refractivity contribution < 1.29 is 60.9 Å². The summed E-state index contributed by atoms with van der Waals surface area (Å²) in [5.74, 6) is -1.84. The van der Waals surface area contributed by atoms with E-state index in [1.54, 1.807) is 0 Å². The third-order valence-corrected chi connectivity index (χ3v) is 7.68. The molecular weight excluding hydrogens is 469 g/mol. The average Bonchev–Trinajstić information content (AvgIpc) is 3.01. The molecule has 0 aromatic rings. The fourth-order valence-corrected chi connectivity index (χ4v) is 6.80. The molecule has 2 saturated carbocycles. The van der Waals surface area contributed by atoms with Gasteiger partial charge in [-0.1, -0.05) is 0 Å². The van der Waals surface area contributed by atoms with Gasteiger partial charge in [0.15, 0.2) is 0 Å². The molecule has 0 aromatic carbocycles. The molecule has 1 N–H and O–H groups in total. The topological polar surface area (TPSA) is 46.5 Å². The van der Waals surface area contributed by atoms with E-state index in [1.807, 2.05) is 0 Å². The zero-order valence-electron chi connectivity index (χ0n) is 13.3. The molecule has 0 heterocycles. The van der Waals surface area contributed by atoms with Gasteiger partial charge in [-0.05, 0) is 0 Å². The van der Waals surface area contributed by atoms with E-state index in [4.69, 9.17) is 3.07 Å². The van der Waals surface area contributed by atoms with Crippen molar-refractivity contribution in [3.63, 3.8) is 0 Å². The Labute approximate surface area is 151 Å². The molecule has 2 rings (SSSR count). The van der Waals surface area contributed by atoms with Crippen molar-refractivity contribution in [3.8, 4) is 0 Å². The molecule has 0 aliphatic heterocycles. The van der Waals surface area contributed by atoms with Crippen LogP contribution in [0.4, 0.5) is 26.3 Å². The van der Waals surface area contributed by atoms with Gasteiger partial charge < -0.3 is 0 Å². The normalized spacial score (nSPS) is 29.9. The van der Waals surface area contributed by atoms with E-state index in [9.17, 15) is 36.2 Å². The van der Waals surface area contributed by atoms with Crippen molar-refractivity contribution in [3.05, 3.63) is 12.2 Å². The Balaban J connectivity index is 2.08. The molecule has 146 valence electrons. The number of carbonyl (C=O) groups is 1. The predicted molar refractivity (Wildman–Crippen MR) is 70.7 cm³/mol. The minimum atomic E-state index is -5.79. The molecule has 3 nitrogen and oxygen atoms in total. The number of halogens is 7. The Bertz CT molecular complexity index is 530. The first-order valence-corrected chi connectivity index (χ1v) is 9.75. The van der Waals surface area contributed by atoms with E-state index >= 15 is 0 Å². The first-order valence-electron chi connectivity index (χ1n) is 7.62. The van der Waals surface area contributed by atoms with Crippen LogP contribution in [0.15, 0.2) is 12.2 Å². The Kier molecular flexibility index (Phi) is 5.73. The zero-order chi connectivity index (χ0) is 19.2. The van der Waals surface area contributed by atoms with Crippen LogP contribution in [0.2, 0.25) is 0 Å². The van der Waals surface area contributed by atoms with Crippen molar-refractivity contribution >= 4 is 5.97 Å². The average molecular weight is 487 g/mol. The molecule has 2 aliphatic rings. The Morgan fingerprint density at radius 2 is 1.72 bits per heavy atom. The van der Waals surface area contributed by atoms with Crippen molar-refractivity contribution in [1.29, 1.82) is 0 Å². The van der Waals surface area contributed by atoms with Gasteiger partial charge in [-0.3, -0.25) is 0 Å². The molecule has 2 fully saturated rings. The van der Waals surface area contributed by atoms with Crippen LogP contribution in [-0.2, 0) is 7.86 Å². The predicted octanol–water partition coefficient (Wildman–Crippen LogP) is 0.770. The van der Waals surface area contributed by atoms with Crippen molar-refractivity contribution in [2.75, 3.05) is 0 Å². The number of hydrogen-bond donors (Lipinski definition) is 1. The first kappa shape index (κ1) is 20.8. The van der Waals surface area contributed by atoms with Gasteiger partial charge in [0.1, 0.15) is 0 Å². The second-order valence-electron chi connectivity index (χ2n) is 6.81. The van der Waals surface area contributed by atoms with Crippen LogP contribution in [0.5, 0.6) is 0 Å². The van der Waals surface area contributed by atoms with E-state index < -0.39 is 57.9 Å². The fraction of sp³-hybridized carbons (Fsp3) is 0.800. The van der Waals surface area contributed by atoms with Gasteiger partial charge in [0.05, 0.1) is 0 Å². The van der Waals surface area contributed by atoms with E-state index in [1.165, 1.54) is 6.92 Å². The molecular formula is C15H18F6IO3-. The quantitative estimate of drug-likeness (QED) is 0.270. The number of rotatable bonds is 5. The van der Waals surface area contributed by atoms with Crippen LogP contribution in [0.1, 0.15) is 32.6 Å². The summed E-state index contributed by atoms with van der Waals surface area (Å²) in [6.45, 7) is 4.89. The molecule has 0 spiro atoms. The molecule has 2 aliphatic carbocycles. The van der Waals surface area contributed by atoms with Gasteiger partial charge in [0, 0.05) is 0 Å². The Morgan fingerprint density at radius 1 is 1.16 bits per heavy atom. The fourth-order valence-electron chi connectivity index (χ4n) is 3.68. The summed E-state index contributed by atoms with van der Waals surface area (Å²) in [5, 5.41) is 9.41. The van der Waals surface area contributed by atoms with Crippen LogP contribution in [0.25, 0.3) is 0 Å². The van der Waals surface area contributed by atoms with Gasteiger partial charge in [-0.15, -0.1) is 0 Å². The summed E-state index contributed by atoms with van der Waals surface area (Å²) < 4.78 is 82.3. The van der Waals surface area contributed by atoms with Crippen molar-refractivity contribution in [1.82, 2.24) is 0 Å². The van der Waals surface area contributed by atoms with Crippen LogP contribution in [-0.4, -0.2) is 33.0 Å². The molecule has 0 radical (unpaired) electrons. The molecule has 4 unspecified atom stereocenters. The molecule has 2 bridgehead atoms. The van der Waals surface area contributed by atoms with E-state index in [0.29, 0.717) is 12.8 Å². The maximum atomic E-state index is 12.9. The summed E-state index contributed by atoms with van der Waals surface area (Å²) in [6, 6.07) is 0. The summed E-state index contributed by atoms with van der Waals surface area (Å²) >= 11 is -1.15. The molecule has 10 heteroatoms. The number of aliphatic hydroxyl groups is 1. The number of fused-ring (bicyclic) bond motifs is 2. The van der Waals surface area contributed by atoms with Crippen LogP contribution >= 0.6 is 0 Å². The van der Waals surface area contributed by atoms with E-state index in [-0.39, 0.29) is 27.8 Å². The zero-order valence-corrected chi connectivity index (χ0v) is 15.4. The molecule has 4 atom stereocenters. The van der Waals surface area contributed by atoms with Crippen molar-refractivity contribution in [2.45, 2.75) is 54.5 Å². The van der Waals surface area contributed by atoms with Crippen molar-refractivity contribution in [2.24, 2.45) is 17.8 Å². The molecule has 25 heavy (non-hydrogen) atoms. The van der Waals surface area contributed by atoms with E-state index in [0.717, 1.165) is 0 Å². The van der Waals surface area contributed by atoms with Gasteiger partial charge in [0.2, 0.25) is 0 Å². The first-order chi connectivity index (χ1) is 11.3. The van der Waals surface area contributed by atoms with Crippen LogP contribution in [0, 0.1) is 17.8 Å². The second-order valence-corrected chi connectivity index (χ2v) is 9.36. The molecule has 0 amide bonds. The summed E-state index contributed by atoms with van der Waals surface area (Å²) in [4.78, 5) is 11.4. The summed E-state index contributed by atoms with van der Waals surface area (Å²) in [7, 11) is 0. The third kappa shape index (κ3) is 4.09. The number of carbonyl (C=O) groups excluding carboxylic acids is 1. The molecule has 0 aromatic heterocycles. The number of hydrogen-bond acceptors (Lipinski definition) is 3. The summed E-state index contributed by atoms with van der Waals surface area (Å²) in [5.41, 5.74) is -4.50. The van der Waals surface area contributed by atoms with Gasteiger partial charge in [-0.2, -0.15) is 0 Å². The second kappa shape index (κ2) is 6.90. The minimum absolute atomic E-state index is 0.0222. The SMILES string of the molecule is C=C(C)C(=O)O[I-]C1CC2CC(CC(O)(C(F)(F)F)C(F)(F)F)C1C2.